The highest BCUT2D eigenvalue weighted by Gasteiger charge is 2.46. The number of nitrogens with one attached hydrogen (secondary N) is 2. The Hall–Kier alpha value is -4.13. The summed E-state index contributed by atoms with van der Waals surface area (Å²) < 4.78 is 5.67. The minimum atomic E-state index is -0.835. The molecule has 0 spiro atoms. The van der Waals surface area contributed by atoms with Gasteiger partial charge < -0.3 is 15.4 Å². The molecule has 0 bridgehead atoms. The lowest BCUT2D eigenvalue weighted by atomic mass is 10.00. The first kappa shape index (κ1) is 22.1. The summed E-state index contributed by atoms with van der Waals surface area (Å²) in [6, 6.07) is 24.5. The maximum atomic E-state index is 13.0. The Morgan fingerprint density at radius 1 is 0.939 bits per heavy atom. The summed E-state index contributed by atoms with van der Waals surface area (Å²) in [5.41, 5.74) is 2.60. The molecule has 1 aliphatic rings. The van der Waals surface area contributed by atoms with E-state index in [9.17, 15) is 14.4 Å². The van der Waals surface area contributed by atoms with Gasteiger partial charge in [-0.1, -0.05) is 60.7 Å². The van der Waals surface area contributed by atoms with Crippen molar-refractivity contribution < 1.29 is 19.1 Å². The Bertz CT molecular complexity index is 1130. The van der Waals surface area contributed by atoms with Crippen LogP contribution >= 0.6 is 0 Å². The molecular weight excluding hydrogens is 418 g/mol. The lowest BCUT2D eigenvalue weighted by Crippen LogP contribution is -2.46. The predicted molar refractivity (Wildman–Crippen MR) is 125 cm³/mol. The van der Waals surface area contributed by atoms with Gasteiger partial charge >= 0.3 is 6.09 Å². The lowest BCUT2D eigenvalue weighted by molar-refractivity contribution is -0.126. The van der Waals surface area contributed by atoms with Crippen LogP contribution in [0, 0.1) is 0 Å². The van der Waals surface area contributed by atoms with Gasteiger partial charge in [-0.25, -0.2) is 4.79 Å². The number of anilines is 1. The van der Waals surface area contributed by atoms with Crippen LogP contribution in [0.5, 0.6) is 0 Å². The van der Waals surface area contributed by atoms with E-state index in [1.165, 1.54) is 4.90 Å². The fraction of sp³-hybridized carbons (Fsp3) is 0.192. The molecule has 3 aromatic carbocycles. The smallest absolute Gasteiger partial charge is 0.411 e. The zero-order chi connectivity index (χ0) is 23.2. The third-order valence-electron chi connectivity index (χ3n) is 5.41. The lowest BCUT2D eigenvalue weighted by Gasteiger charge is -2.24. The number of likely N-dealkylation sites (N-methyl/N-ethyl adjacent to an activating group) is 1. The highest BCUT2D eigenvalue weighted by Crippen LogP contribution is 2.35. The summed E-state index contributed by atoms with van der Waals surface area (Å²) in [7, 11) is 0. The van der Waals surface area contributed by atoms with Crippen molar-refractivity contribution in [2.45, 2.75) is 25.6 Å². The van der Waals surface area contributed by atoms with Gasteiger partial charge in [0.15, 0.2) is 12.1 Å². The van der Waals surface area contributed by atoms with Crippen molar-refractivity contribution in [1.82, 2.24) is 10.2 Å². The number of ether oxygens (including phenoxy) is 1. The van der Waals surface area contributed by atoms with Crippen molar-refractivity contribution in [1.29, 1.82) is 0 Å². The molecule has 4 rings (SSSR count). The minimum Gasteiger partial charge on any atom is -0.438 e. The first-order chi connectivity index (χ1) is 16.1. The number of carbonyl (C=O) groups excluding carboxylic acids is 3. The second-order valence-electron chi connectivity index (χ2n) is 7.70. The van der Waals surface area contributed by atoms with Crippen molar-refractivity contribution in [2.75, 3.05) is 11.9 Å². The number of cyclic esters (lactones) is 1. The summed E-state index contributed by atoms with van der Waals surface area (Å²) in [6.07, 6.45) is -1.36. The highest BCUT2D eigenvalue weighted by atomic mass is 16.6. The van der Waals surface area contributed by atoms with Gasteiger partial charge in [-0.05, 0) is 42.3 Å². The Labute approximate surface area is 192 Å². The van der Waals surface area contributed by atoms with Gasteiger partial charge in [0, 0.05) is 17.8 Å². The zero-order valence-electron chi connectivity index (χ0n) is 18.2. The Kier molecular flexibility index (Phi) is 6.69. The Morgan fingerprint density at radius 3 is 2.33 bits per heavy atom. The van der Waals surface area contributed by atoms with Crippen LogP contribution in [0.3, 0.4) is 0 Å². The van der Waals surface area contributed by atoms with Gasteiger partial charge in [0.05, 0.1) is 6.54 Å². The van der Waals surface area contributed by atoms with Crippen molar-refractivity contribution in [3.05, 3.63) is 102 Å². The topological polar surface area (TPSA) is 87.7 Å². The number of hydrogen-bond donors (Lipinski definition) is 2. The molecule has 3 amide bonds. The molecule has 1 fully saturated rings. The zero-order valence-corrected chi connectivity index (χ0v) is 18.2. The van der Waals surface area contributed by atoms with Gasteiger partial charge in [-0.3, -0.25) is 14.5 Å². The molecule has 168 valence electrons. The number of hydrogen-bond acceptors (Lipinski definition) is 4. The maximum absolute atomic E-state index is 13.0. The molecule has 0 aromatic heterocycles. The number of rotatable bonds is 7. The summed E-state index contributed by atoms with van der Waals surface area (Å²) in [5, 5.41) is 5.67. The fourth-order valence-electron chi connectivity index (χ4n) is 3.86. The van der Waals surface area contributed by atoms with E-state index < -0.39 is 18.2 Å². The largest absolute Gasteiger partial charge is 0.438 e. The fourth-order valence-corrected chi connectivity index (χ4v) is 3.86. The first-order valence-corrected chi connectivity index (χ1v) is 10.8. The molecule has 2 unspecified atom stereocenters. The Morgan fingerprint density at radius 2 is 1.64 bits per heavy atom. The van der Waals surface area contributed by atoms with E-state index in [4.69, 9.17) is 4.74 Å². The Balaban J connectivity index is 1.59. The van der Waals surface area contributed by atoms with Crippen LogP contribution in [-0.4, -0.2) is 35.4 Å². The third kappa shape index (κ3) is 5.03. The molecule has 0 saturated carbocycles. The van der Waals surface area contributed by atoms with E-state index in [2.05, 4.69) is 10.6 Å². The predicted octanol–water partition coefficient (Wildman–Crippen LogP) is 4.14. The molecule has 7 heteroatoms. The van der Waals surface area contributed by atoms with Crippen LogP contribution in [0.4, 0.5) is 10.5 Å². The molecule has 0 radical (unpaired) electrons. The van der Waals surface area contributed by atoms with Crippen molar-refractivity contribution in [2.24, 2.45) is 0 Å². The average Bonchev–Trinajstić information content (AvgIpc) is 3.16. The summed E-state index contributed by atoms with van der Waals surface area (Å²) >= 11 is 0. The second-order valence-corrected chi connectivity index (χ2v) is 7.70. The highest BCUT2D eigenvalue weighted by molar-refractivity contribution is 6.04. The standard InChI is InChI=1S/C26H25N3O4/c1-2-27-25(31)22-23(33-26(32)29(22)17-18-10-5-3-6-11-18)20-14-9-15-21(16-20)28-24(30)19-12-7-4-8-13-19/h3-16,22-23H,2,17H2,1H3,(H,27,31)(H,28,30). The van der Waals surface area contributed by atoms with Gasteiger partial charge in [0.25, 0.3) is 5.91 Å². The van der Waals surface area contributed by atoms with Crippen LogP contribution in [0.1, 0.15) is 34.5 Å². The van der Waals surface area contributed by atoms with E-state index in [0.29, 0.717) is 23.4 Å². The maximum Gasteiger partial charge on any atom is 0.411 e. The molecular formula is C26H25N3O4. The minimum absolute atomic E-state index is 0.248. The van der Waals surface area contributed by atoms with E-state index in [1.54, 1.807) is 48.5 Å². The van der Waals surface area contributed by atoms with Crippen molar-refractivity contribution >= 4 is 23.6 Å². The SMILES string of the molecule is CCNC(=O)C1C(c2cccc(NC(=O)c3ccccc3)c2)OC(=O)N1Cc1ccccc1. The van der Waals surface area contributed by atoms with Gasteiger partial charge in [0.2, 0.25) is 5.91 Å². The number of amides is 3. The molecule has 2 N–H and O–H groups in total. The molecule has 2 atom stereocenters. The molecule has 1 saturated heterocycles. The summed E-state index contributed by atoms with van der Waals surface area (Å²) in [6.45, 7) is 2.51. The monoisotopic (exact) mass is 443 g/mol. The molecule has 0 aliphatic carbocycles. The van der Waals surface area contributed by atoms with Crippen molar-refractivity contribution in [3.8, 4) is 0 Å². The van der Waals surface area contributed by atoms with Crippen LogP contribution in [0.15, 0.2) is 84.9 Å². The second kappa shape index (κ2) is 9.99. The number of carbonyl (C=O) groups is 3. The van der Waals surface area contributed by atoms with Crippen LogP contribution < -0.4 is 10.6 Å². The van der Waals surface area contributed by atoms with Crippen molar-refractivity contribution in [3.63, 3.8) is 0 Å². The van der Waals surface area contributed by atoms with Crippen LogP contribution in [-0.2, 0) is 16.1 Å². The summed E-state index contributed by atoms with van der Waals surface area (Å²) in [4.78, 5) is 39.7. The van der Waals surface area contributed by atoms with Gasteiger partial charge in [0.1, 0.15) is 0 Å². The molecule has 1 heterocycles. The molecule has 33 heavy (non-hydrogen) atoms. The summed E-state index contributed by atoms with van der Waals surface area (Å²) in [5.74, 6) is -0.537. The van der Waals surface area contributed by atoms with E-state index >= 15 is 0 Å². The van der Waals surface area contributed by atoms with E-state index in [0.717, 1.165) is 5.56 Å². The van der Waals surface area contributed by atoms with Crippen LogP contribution in [0.25, 0.3) is 0 Å². The number of benzene rings is 3. The normalized spacial score (nSPS) is 17.4. The van der Waals surface area contributed by atoms with E-state index in [1.807, 2.05) is 43.3 Å². The third-order valence-corrected chi connectivity index (χ3v) is 5.41. The van der Waals surface area contributed by atoms with Gasteiger partial charge in [-0.15, -0.1) is 0 Å². The molecule has 3 aromatic rings. The van der Waals surface area contributed by atoms with Crippen LogP contribution in [0.2, 0.25) is 0 Å². The van der Waals surface area contributed by atoms with Gasteiger partial charge in [-0.2, -0.15) is 0 Å². The molecule has 1 aliphatic heterocycles. The average molecular weight is 444 g/mol. The first-order valence-electron chi connectivity index (χ1n) is 10.8. The molecule has 7 nitrogen and oxygen atoms in total. The number of nitrogens with zero attached hydrogens (tertiary/aromatic N) is 1. The van der Waals surface area contributed by atoms with E-state index in [-0.39, 0.29) is 18.4 Å². The quantitative estimate of drug-likeness (QED) is 0.575.